The van der Waals surface area contributed by atoms with Crippen LogP contribution in [-0.2, 0) is 10.0 Å². The molecule has 1 N–H and O–H groups in total. The van der Waals surface area contributed by atoms with Crippen LogP contribution < -0.4 is 5.32 Å². The van der Waals surface area contributed by atoms with Crippen LogP contribution in [0.15, 0.2) is 64.9 Å². The SMILES string of the molecule is C=CCSc1ccccc1NC(=O)c1cc(S(=O)(=O)N(C)C)ccc1Cl. The van der Waals surface area contributed by atoms with E-state index in [2.05, 4.69) is 11.9 Å². The van der Waals surface area contributed by atoms with Gasteiger partial charge in [-0.2, -0.15) is 0 Å². The molecule has 0 aliphatic rings. The van der Waals surface area contributed by atoms with E-state index in [4.69, 9.17) is 11.6 Å². The Morgan fingerprint density at radius 3 is 2.62 bits per heavy atom. The van der Waals surface area contributed by atoms with Crippen molar-refractivity contribution in [1.29, 1.82) is 0 Å². The van der Waals surface area contributed by atoms with Crippen molar-refractivity contribution in [3.8, 4) is 0 Å². The number of carbonyl (C=O) groups is 1. The van der Waals surface area contributed by atoms with Gasteiger partial charge in [-0.1, -0.05) is 29.8 Å². The maximum absolute atomic E-state index is 12.7. The summed E-state index contributed by atoms with van der Waals surface area (Å²) in [7, 11) is -0.809. The van der Waals surface area contributed by atoms with Crippen LogP contribution in [0.2, 0.25) is 5.02 Å². The summed E-state index contributed by atoms with van der Waals surface area (Å²) >= 11 is 7.65. The van der Waals surface area contributed by atoms with Gasteiger partial charge in [0.25, 0.3) is 5.91 Å². The molecule has 2 rings (SSSR count). The molecule has 2 aromatic rings. The molecule has 5 nitrogen and oxygen atoms in total. The van der Waals surface area contributed by atoms with Crippen LogP contribution in [0.3, 0.4) is 0 Å². The smallest absolute Gasteiger partial charge is 0.257 e. The number of amides is 1. The molecule has 0 radical (unpaired) electrons. The van der Waals surface area contributed by atoms with E-state index < -0.39 is 15.9 Å². The van der Waals surface area contributed by atoms with Gasteiger partial charge in [0, 0.05) is 24.7 Å². The molecule has 0 saturated carbocycles. The zero-order chi connectivity index (χ0) is 19.3. The van der Waals surface area contributed by atoms with Gasteiger partial charge >= 0.3 is 0 Å². The van der Waals surface area contributed by atoms with Gasteiger partial charge in [-0.15, -0.1) is 18.3 Å². The van der Waals surface area contributed by atoms with Crippen LogP contribution in [0.4, 0.5) is 5.69 Å². The molecule has 0 aliphatic heterocycles. The van der Waals surface area contributed by atoms with E-state index in [9.17, 15) is 13.2 Å². The molecule has 0 aliphatic carbocycles. The summed E-state index contributed by atoms with van der Waals surface area (Å²) in [5, 5.41) is 2.97. The summed E-state index contributed by atoms with van der Waals surface area (Å²) in [6.45, 7) is 3.69. The van der Waals surface area contributed by atoms with Crippen LogP contribution in [-0.4, -0.2) is 38.5 Å². The third-order valence-corrected chi connectivity index (χ3v) is 6.66. The van der Waals surface area contributed by atoms with E-state index in [1.807, 2.05) is 18.2 Å². The molecule has 0 heterocycles. The standard InChI is InChI=1S/C18H19ClN2O3S2/c1-4-11-25-17-8-6-5-7-16(17)20-18(22)14-12-13(9-10-15(14)19)26(23,24)21(2)3/h4-10,12H,1,11H2,2-3H3,(H,20,22). The minimum atomic E-state index is -3.66. The van der Waals surface area contributed by atoms with Gasteiger partial charge in [-0.25, -0.2) is 12.7 Å². The summed E-state index contributed by atoms with van der Waals surface area (Å²) in [5.41, 5.74) is 0.722. The fraction of sp³-hybridized carbons (Fsp3) is 0.167. The topological polar surface area (TPSA) is 66.5 Å². The van der Waals surface area contributed by atoms with E-state index in [0.717, 1.165) is 9.20 Å². The summed E-state index contributed by atoms with van der Waals surface area (Å²) in [6, 6.07) is 11.4. The maximum atomic E-state index is 12.7. The first-order valence-corrected chi connectivity index (χ1v) is 10.4. The minimum absolute atomic E-state index is 0.00590. The van der Waals surface area contributed by atoms with Crippen molar-refractivity contribution in [3.63, 3.8) is 0 Å². The Morgan fingerprint density at radius 2 is 1.96 bits per heavy atom. The molecule has 0 fully saturated rings. The van der Waals surface area contributed by atoms with Crippen molar-refractivity contribution in [2.24, 2.45) is 0 Å². The first-order valence-electron chi connectivity index (χ1n) is 7.63. The Morgan fingerprint density at radius 1 is 1.27 bits per heavy atom. The lowest BCUT2D eigenvalue weighted by Gasteiger charge is -2.14. The molecule has 0 saturated heterocycles. The maximum Gasteiger partial charge on any atom is 0.257 e. The van der Waals surface area contributed by atoms with E-state index >= 15 is 0 Å². The fourth-order valence-electron chi connectivity index (χ4n) is 2.08. The van der Waals surface area contributed by atoms with Crippen LogP contribution in [0.25, 0.3) is 0 Å². The number of nitrogens with zero attached hydrogens (tertiary/aromatic N) is 1. The molecule has 0 bridgehead atoms. The number of benzene rings is 2. The van der Waals surface area contributed by atoms with Crippen molar-refractivity contribution in [2.75, 3.05) is 25.2 Å². The first-order chi connectivity index (χ1) is 12.3. The van der Waals surface area contributed by atoms with Gasteiger partial charge < -0.3 is 5.32 Å². The van der Waals surface area contributed by atoms with Gasteiger partial charge in [-0.3, -0.25) is 4.79 Å². The molecule has 138 valence electrons. The van der Waals surface area contributed by atoms with Crippen LogP contribution >= 0.6 is 23.4 Å². The summed E-state index contributed by atoms with van der Waals surface area (Å²) in [6.07, 6.45) is 1.77. The highest BCUT2D eigenvalue weighted by Gasteiger charge is 2.21. The Hall–Kier alpha value is -1.80. The second-order valence-corrected chi connectivity index (χ2v) is 9.10. The second-order valence-electron chi connectivity index (χ2n) is 5.48. The Kier molecular flexibility index (Phi) is 6.88. The summed E-state index contributed by atoms with van der Waals surface area (Å²) in [4.78, 5) is 13.6. The van der Waals surface area contributed by atoms with Crippen molar-refractivity contribution < 1.29 is 13.2 Å². The highest BCUT2D eigenvalue weighted by Crippen LogP contribution is 2.29. The first kappa shape index (κ1) is 20.5. The van der Waals surface area contributed by atoms with E-state index in [1.54, 1.807) is 12.1 Å². The van der Waals surface area contributed by atoms with Crippen molar-refractivity contribution in [1.82, 2.24) is 4.31 Å². The van der Waals surface area contributed by atoms with Crippen LogP contribution in [0.5, 0.6) is 0 Å². The highest BCUT2D eigenvalue weighted by atomic mass is 35.5. The molecular weight excluding hydrogens is 392 g/mol. The predicted molar refractivity (Wildman–Crippen MR) is 108 cm³/mol. The number of halogens is 1. The van der Waals surface area contributed by atoms with E-state index in [-0.39, 0.29) is 15.5 Å². The quantitative estimate of drug-likeness (QED) is 0.550. The van der Waals surface area contributed by atoms with Gasteiger partial charge in [-0.05, 0) is 30.3 Å². The van der Waals surface area contributed by atoms with E-state index in [1.165, 1.54) is 44.1 Å². The predicted octanol–water partition coefficient (Wildman–Crippen LogP) is 4.12. The lowest BCUT2D eigenvalue weighted by molar-refractivity contribution is 0.102. The molecule has 0 unspecified atom stereocenters. The number of thioether (sulfide) groups is 1. The Labute approximate surface area is 163 Å². The monoisotopic (exact) mass is 410 g/mol. The number of para-hydroxylation sites is 1. The highest BCUT2D eigenvalue weighted by molar-refractivity contribution is 7.99. The zero-order valence-corrected chi connectivity index (χ0v) is 16.8. The number of nitrogens with one attached hydrogen (secondary N) is 1. The fourth-order valence-corrected chi connectivity index (χ4v) is 3.96. The number of anilines is 1. The molecule has 0 atom stereocenters. The average molecular weight is 411 g/mol. The van der Waals surface area contributed by atoms with E-state index in [0.29, 0.717) is 11.4 Å². The average Bonchev–Trinajstić information content (AvgIpc) is 2.61. The van der Waals surface area contributed by atoms with Crippen LogP contribution in [0.1, 0.15) is 10.4 Å². The number of sulfonamides is 1. The lowest BCUT2D eigenvalue weighted by Crippen LogP contribution is -2.23. The second kappa shape index (κ2) is 8.73. The van der Waals surface area contributed by atoms with Crippen molar-refractivity contribution in [2.45, 2.75) is 9.79 Å². The Balaban J connectivity index is 2.35. The minimum Gasteiger partial charge on any atom is -0.321 e. The van der Waals surface area contributed by atoms with Gasteiger partial charge in [0.05, 0.1) is 21.2 Å². The number of hydrogen-bond donors (Lipinski definition) is 1. The summed E-state index contributed by atoms with van der Waals surface area (Å²) < 4.78 is 25.7. The van der Waals surface area contributed by atoms with Gasteiger partial charge in [0.15, 0.2) is 0 Å². The number of hydrogen-bond acceptors (Lipinski definition) is 4. The van der Waals surface area contributed by atoms with Crippen molar-refractivity contribution >= 4 is 45.0 Å². The third kappa shape index (κ3) is 4.67. The number of rotatable bonds is 7. The largest absolute Gasteiger partial charge is 0.321 e. The Bertz CT molecular complexity index is 928. The lowest BCUT2D eigenvalue weighted by atomic mass is 10.2. The molecule has 0 aromatic heterocycles. The molecular formula is C18H19ClN2O3S2. The summed E-state index contributed by atoms with van der Waals surface area (Å²) in [5.74, 6) is 0.224. The molecule has 8 heteroatoms. The molecule has 0 spiro atoms. The van der Waals surface area contributed by atoms with Crippen molar-refractivity contribution in [3.05, 3.63) is 65.7 Å². The zero-order valence-electron chi connectivity index (χ0n) is 14.4. The molecule has 1 amide bonds. The normalized spacial score (nSPS) is 11.4. The van der Waals surface area contributed by atoms with Gasteiger partial charge in [0.1, 0.15) is 0 Å². The third-order valence-electron chi connectivity index (χ3n) is 3.45. The molecule has 26 heavy (non-hydrogen) atoms. The van der Waals surface area contributed by atoms with Gasteiger partial charge in [0.2, 0.25) is 10.0 Å². The van der Waals surface area contributed by atoms with Crippen LogP contribution in [0, 0.1) is 0 Å². The number of carbonyl (C=O) groups excluding carboxylic acids is 1. The molecule has 2 aromatic carbocycles.